The van der Waals surface area contributed by atoms with E-state index in [0.29, 0.717) is 11.3 Å². The molecule has 0 spiro atoms. The molecule has 0 heterocycles. The van der Waals surface area contributed by atoms with Crippen LogP contribution in [0.4, 0.5) is 0 Å². The van der Waals surface area contributed by atoms with Gasteiger partial charge in [0.15, 0.2) is 10.7 Å². The molecule has 82 valence electrons. The van der Waals surface area contributed by atoms with Crippen molar-refractivity contribution in [2.24, 2.45) is 0 Å². The van der Waals surface area contributed by atoms with E-state index >= 15 is 0 Å². The zero-order valence-electron chi connectivity index (χ0n) is 8.67. The molecule has 0 aromatic heterocycles. The van der Waals surface area contributed by atoms with Gasteiger partial charge in [0, 0.05) is 0 Å². The minimum absolute atomic E-state index is 0.418. The maximum atomic E-state index is 11.0. The first-order valence-electron chi connectivity index (χ1n) is 5.03. The number of benzene rings is 2. The molecule has 2 aromatic carbocycles. The van der Waals surface area contributed by atoms with E-state index < -0.39 is 10.7 Å². The predicted octanol–water partition coefficient (Wildman–Crippen LogP) is 2.25. The summed E-state index contributed by atoms with van der Waals surface area (Å²) in [6.45, 7) is 0. The third-order valence-corrected chi connectivity index (χ3v) is 3.26. The zero-order chi connectivity index (χ0) is 11.4. The van der Waals surface area contributed by atoms with Crippen molar-refractivity contribution < 1.29 is 8.42 Å². The van der Waals surface area contributed by atoms with Crippen molar-refractivity contribution >= 4 is 10.7 Å². The van der Waals surface area contributed by atoms with E-state index in [2.05, 4.69) is 0 Å². The summed E-state index contributed by atoms with van der Waals surface area (Å²) >= 11 is 0. The highest BCUT2D eigenvalue weighted by Crippen LogP contribution is 2.15. The van der Waals surface area contributed by atoms with Crippen molar-refractivity contribution in [3.8, 4) is 0 Å². The van der Waals surface area contributed by atoms with Gasteiger partial charge in [0.25, 0.3) is 0 Å². The second kappa shape index (κ2) is 4.94. The van der Waals surface area contributed by atoms with E-state index in [-0.39, 0.29) is 0 Å². The lowest BCUT2D eigenvalue weighted by atomic mass is 10.1. The van der Waals surface area contributed by atoms with Crippen LogP contribution in [0.25, 0.3) is 0 Å². The summed E-state index contributed by atoms with van der Waals surface area (Å²) in [5.41, 5.74) is 1.97. The Morgan fingerprint density at radius 2 is 1.44 bits per heavy atom. The highest BCUT2D eigenvalue weighted by Gasteiger charge is 2.04. The first-order chi connectivity index (χ1) is 7.77. The van der Waals surface area contributed by atoms with Crippen LogP contribution in [0.5, 0.6) is 0 Å². The van der Waals surface area contributed by atoms with Gasteiger partial charge in [-0.2, -0.15) is 0 Å². The summed E-state index contributed by atoms with van der Waals surface area (Å²) in [5, 5.41) is 0. The molecule has 0 aliphatic heterocycles. The van der Waals surface area contributed by atoms with Gasteiger partial charge in [-0.15, -0.1) is 0 Å². The van der Waals surface area contributed by atoms with Gasteiger partial charge in [0.05, 0.1) is 4.90 Å². The van der Waals surface area contributed by atoms with Crippen molar-refractivity contribution in [1.82, 2.24) is 0 Å². The highest BCUT2D eigenvalue weighted by atomic mass is 32.2. The number of rotatable bonds is 3. The number of hydrogen-bond acceptors (Lipinski definition) is 2. The summed E-state index contributed by atoms with van der Waals surface area (Å²) < 4.78 is 22.1. The van der Waals surface area contributed by atoms with Gasteiger partial charge < -0.3 is 0 Å². The summed E-state index contributed by atoms with van der Waals surface area (Å²) in [6, 6.07) is 16.9. The summed E-state index contributed by atoms with van der Waals surface area (Å²) in [4.78, 5) is 0.418. The van der Waals surface area contributed by atoms with Crippen LogP contribution >= 0.6 is 0 Å². The van der Waals surface area contributed by atoms with Crippen molar-refractivity contribution in [1.29, 1.82) is 0 Å². The molecule has 0 N–H and O–H groups in total. The molecule has 0 saturated carbocycles. The normalized spacial score (nSPS) is 10.6. The Bertz CT molecular complexity index is 537. The van der Waals surface area contributed by atoms with Crippen molar-refractivity contribution in [3.05, 3.63) is 65.7 Å². The topological polar surface area (TPSA) is 34.1 Å². The summed E-state index contributed by atoms with van der Waals surface area (Å²) in [5.74, 6) is 0. The smallest absolute Gasteiger partial charge is 0.168 e. The summed E-state index contributed by atoms with van der Waals surface area (Å²) in [6.07, 6.45) is 0.653. The molecule has 3 heteroatoms. The van der Waals surface area contributed by atoms with Gasteiger partial charge in [0.2, 0.25) is 0 Å². The van der Waals surface area contributed by atoms with Crippen LogP contribution in [-0.4, -0.2) is 8.42 Å². The Morgan fingerprint density at radius 3 is 2.12 bits per heavy atom. The molecule has 0 atom stereocenters. The molecule has 0 unspecified atom stereocenters. The first kappa shape index (κ1) is 10.9. The number of thiol groups is 1. The van der Waals surface area contributed by atoms with Crippen LogP contribution < -0.4 is 0 Å². The van der Waals surface area contributed by atoms with Crippen LogP contribution in [0, 0.1) is 0 Å². The molecule has 0 amide bonds. The Morgan fingerprint density at radius 1 is 0.812 bits per heavy atom. The lowest BCUT2D eigenvalue weighted by Gasteiger charge is -2.04. The maximum absolute atomic E-state index is 11.0. The Kier molecular flexibility index (Phi) is 3.37. The minimum Gasteiger partial charge on any atom is -0.227 e. The molecule has 0 radical (unpaired) electrons. The van der Waals surface area contributed by atoms with Crippen molar-refractivity contribution in [3.63, 3.8) is 0 Å². The van der Waals surface area contributed by atoms with E-state index in [1.165, 1.54) is 0 Å². The molecule has 0 aliphatic rings. The second-order valence-electron chi connectivity index (χ2n) is 3.55. The Labute approximate surface area is 96.5 Å². The molecule has 16 heavy (non-hydrogen) atoms. The predicted molar refractivity (Wildman–Crippen MR) is 64.3 cm³/mol. The lowest BCUT2D eigenvalue weighted by Crippen LogP contribution is -1.93. The largest absolute Gasteiger partial charge is 0.227 e. The fourth-order valence-electron chi connectivity index (χ4n) is 1.65. The van der Waals surface area contributed by atoms with Crippen molar-refractivity contribution in [2.75, 3.05) is 0 Å². The summed E-state index contributed by atoms with van der Waals surface area (Å²) in [7, 11) is -2.51. The third kappa shape index (κ3) is 2.49. The van der Waals surface area contributed by atoms with Gasteiger partial charge in [-0.3, -0.25) is 0 Å². The molecule has 0 saturated heterocycles. The van der Waals surface area contributed by atoms with E-state index in [9.17, 15) is 8.42 Å². The van der Waals surface area contributed by atoms with Gasteiger partial charge in [0.1, 0.15) is 0 Å². The maximum Gasteiger partial charge on any atom is 0.168 e. The average molecular weight is 232 g/mol. The lowest BCUT2D eigenvalue weighted by molar-refractivity contribution is 0.614. The fourth-order valence-corrected chi connectivity index (χ4v) is 2.25. The molecular weight excluding hydrogens is 220 g/mol. The minimum atomic E-state index is -2.51. The monoisotopic (exact) mass is 232 g/mol. The van der Waals surface area contributed by atoms with Gasteiger partial charge >= 0.3 is 0 Å². The molecule has 2 nitrogen and oxygen atoms in total. The quantitative estimate of drug-likeness (QED) is 0.824. The number of hydrogen-bond donors (Lipinski definition) is 1. The van der Waals surface area contributed by atoms with Crippen LogP contribution in [0.2, 0.25) is 0 Å². The molecule has 0 bridgehead atoms. The Balaban J connectivity index is 2.35. The van der Waals surface area contributed by atoms with Crippen LogP contribution in [-0.2, 0) is 17.1 Å². The molecule has 0 fully saturated rings. The average Bonchev–Trinajstić information content (AvgIpc) is 2.31. The van der Waals surface area contributed by atoms with Crippen LogP contribution in [0.1, 0.15) is 11.1 Å². The van der Waals surface area contributed by atoms with E-state index in [1.54, 1.807) is 12.1 Å². The highest BCUT2D eigenvalue weighted by molar-refractivity contribution is 7.72. The Hall–Kier alpha value is -1.61. The first-order valence-corrected chi connectivity index (χ1v) is 6.21. The van der Waals surface area contributed by atoms with E-state index in [0.717, 1.165) is 11.1 Å². The van der Waals surface area contributed by atoms with Crippen LogP contribution in [0.15, 0.2) is 59.5 Å². The third-order valence-electron chi connectivity index (χ3n) is 2.43. The standard InChI is InChI=1S/C13H12O2S/c14-16(15)13-9-5-4-8-12(13)10-11-6-2-1-3-7-11/h1-9,16H,10H2. The second-order valence-corrected chi connectivity index (χ2v) is 4.54. The molecular formula is C13H12O2S. The SMILES string of the molecule is O=[SH](=O)c1ccccc1Cc1ccccc1. The van der Waals surface area contributed by atoms with Gasteiger partial charge in [-0.1, -0.05) is 48.5 Å². The molecule has 2 rings (SSSR count). The van der Waals surface area contributed by atoms with Gasteiger partial charge in [-0.05, 0) is 23.6 Å². The zero-order valence-corrected chi connectivity index (χ0v) is 9.56. The van der Waals surface area contributed by atoms with Gasteiger partial charge in [-0.25, -0.2) is 8.42 Å². The van der Waals surface area contributed by atoms with Crippen molar-refractivity contribution in [2.45, 2.75) is 11.3 Å². The van der Waals surface area contributed by atoms with E-state index in [1.807, 2.05) is 42.5 Å². The molecule has 0 aliphatic carbocycles. The molecule has 2 aromatic rings. The van der Waals surface area contributed by atoms with E-state index in [4.69, 9.17) is 0 Å². The van der Waals surface area contributed by atoms with Crippen LogP contribution in [0.3, 0.4) is 0 Å². The fraction of sp³-hybridized carbons (Fsp3) is 0.0769.